The third-order valence-corrected chi connectivity index (χ3v) is 3.76. The van der Waals surface area contributed by atoms with Crippen LogP contribution in [0.3, 0.4) is 0 Å². The van der Waals surface area contributed by atoms with Crippen molar-refractivity contribution in [2.75, 3.05) is 25.6 Å². The summed E-state index contributed by atoms with van der Waals surface area (Å²) >= 11 is 3.48. The minimum atomic E-state index is -0.257. The van der Waals surface area contributed by atoms with Crippen molar-refractivity contribution < 1.29 is 9.53 Å². The molecule has 0 bridgehead atoms. The Kier molecular flexibility index (Phi) is 5.85. The first-order valence-corrected chi connectivity index (χ1v) is 7.53. The quantitative estimate of drug-likeness (QED) is 0.770. The highest BCUT2D eigenvalue weighted by atomic mass is 79.9. The minimum Gasteiger partial charge on any atom is -0.383 e. The van der Waals surface area contributed by atoms with E-state index in [0.29, 0.717) is 24.8 Å². The number of nitrogens with zero attached hydrogens (tertiary/aromatic N) is 2. The number of ether oxygens (including phenoxy) is 1. The van der Waals surface area contributed by atoms with Gasteiger partial charge in [-0.3, -0.25) is 4.79 Å². The highest BCUT2D eigenvalue weighted by molar-refractivity contribution is 9.10. The lowest BCUT2D eigenvalue weighted by atomic mass is 10.2. The molecule has 1 aromatic carbocycles. The van der Waals surface area contributed by atoms with E-state index in [0.717, 1.165) is 15.7 Å². The summed E-state index contributed by atoms with van der Waals surface area (Å²) in [5, 5.41) is 5.80. The predicted molar refractivity (Wildman–Crippen MR) is 88.4 cm³/mol. The zero-order chi connectivity index (χ0) is 15.9. The van der Waals surface area contributed by atoms with Crippen molar-refractivity contribution in [1.82, 2.24) is 15.3 Å². The highest BCUT2D eigenvalue weighted by Gasteiger charge is 2.08. The van der Waals surface area contributed by atoms with Gasteiger partial charge in [-0.15, -0.1) is 0 Å². The van der Waals surface area contributed by atoms with Gasteiger partial charge in [-0.1, -0.05) is 22.0 Å². The average Bonchev–Trinajstić information content (AvgIpc) is 2.51. The van der Waals surface area contributed by atoms with Crippen LogP contribution in [0.2, 0.25) is 0 Å². The molecule has 0 fully saturated rings. The minimum absolute atomic E-state index is 0.257. The Hall–Kier alpha value is -1.99. The molecule has 1 aromatic heterocycles. The van der Waals surface area contributed by atoms with Crippen molar-refractivity contribution in [2.24, 2.45) is 0 Å². The number of hydrogen-bond acceptors (Lipinski definition) is 5. The summed E-state index contributed by atoms with van der Waals surface area (Å²) in [7, 11) is 1.58. The molecule has 116 valence electrons. The summed E-state index contributed by atoms with van der Waals surface area (Å²) in [5.74, 6) is 0.114. The monoisotopic (exact) mass is 364 g/mol. The SMILES string of the molecule is COCCNC(=O)c1ccnc(Nc2ccc(C)c(Br)c2)n1. The summed E-state index contributed by atoms with van der Waals surface area (Å²) in [6, 6.07) is 7.41. The predicted octanol–water partition coefficient (Wildman–Crippen LogP) is 2.67. The van der Waals surface area contributed by atoms with Crippen LogP contribution in [-0.4, -0.2) is 36.1 Å². The van der Waals surface area contributed by atoms with E-state index in [4.69, 9.17) is 4.74 Å². The third-order valence-electron chi connectivity index (χ3n) is 2.91. The second-order valence-electron chi connectivity index (χ2n) is 4.60. The van der Waals surface area contributed by atoms with Gasteiger partial charge in [0, 0.05) is 30.0 Å². The van der Waals surface area contributed by atoms with Crippen molar-refractivity contribution in [1.29, 1.82) is 0 Å². The molecule has 1 amide bonds. The van der Waals surface area contributed by atoms with Gasteiger partial charge in [0.15, 0.2) is 0 Å². The molecule has 0 saturated carbocycles. The fourth-order valence-electron chi connectivity index (χ4n) is 1.70. The second kappa shape index (κ2) is 7.86. The van der Waals surface area contributed by atoms with Crippen LogP contribution < -0.4 is 10.6 Å². The smallest absolute Gasteiger partial charge is 0.270 e. The van der Waals surface area contributed by atoms with Crippen molar-refractivity contribution in [2.45, 2.75) is 6.92 Å². The van der Waals surface area contributed by atoms with E-state index in [2.05, 4.69) is 36.5 Å². The first-order chi connectivity index (χ1) is 10.6. The number of hydrogen-bond donors (Lipinski definition) is 2. The molecule has 7 heteroatoms. The third kappa shape index (κ3) is 4.51. The van der Waals surface area contributed by atoms with Crippen LogP contribution in [0.4, 0.5) is 11.6 Å². The summed E-state index contributed by atoms with van der Waals surface area (Å²) in [6.45, 7) is 2.90. The van der Waals surface area contributed by atoms with Crippen LogP contribution in [-0.2, 0) is 4.74 Å². The van der Waals surface area contributed by atoms with Gasteiger partial charge in [-0.25, -0.2) is 9.97 Å². The number of benzene rings is 1. The number of aryl methyl sites for hydroxylation is 1. The van der Waals surface area contributed by atoms with Gasteiger partial charge in [0.1, 0.15) is 5.69 Å². The van der Waals surface area contributed by atoms with Gasteiger partial charge in [0.05, 0.1) is 6.61 Å². The van der Waals surface area contributed by atoms with E-state index in [1.54, 1.807) is 19.4 Å². The van der Waals surface area contributed by atoms with Gasteiger partial charge < -0.3 is 15.4 Å². The molecule has 2 rings (SSSR count). The lowest BCUT2D eigenvalue weighted by Crippen LogP contribution is -2.27. The zero-order valence-corrected chi connectivity index (χ0v) is 14.0. The molecule has 0 aliphatic carbocycles. The lowest BCUT2D eigenvalue weighted by molar-refractivity contribution is 0.0932. The number of rotatable bonds is 6. The summed E-state index contributed by atoms with van der Waals surface area (Å²) < 4.78 is 5.88. The molecule has 0 spiro atoms. The number of amides is 1. The van der Waals surface area contributed by atoms with Crippen molar-refractivity contribution in [3.63, 3.8) is 0 Å². The number of carbonyl (C=O) groups excluding carboxylic acids is 1. The average molecular weight is 365 g/mol. The van der Waals surface area contributed by atoms with Crippen molar-refractivity contribution in [3.05, 3.63) is 46.2 Å². The number of methoxy groups -OCH3 is 1. The topological polar surface area (TPSA) is 76.1 Å². The Morgan fingerprint density at radius 2 is 2.18 bits per heavy atom. The van der Waals surface area contributed by atoms with E-state index in [-0.39, 0.29) is 5.91 Å². The summed E-state index contributed by atoms with van der Waals surface area (Å²) in [4.78, 5) is 20.3. The molecule has 6 nitrogen and oxygen atoms in total. The highest BCUT2D eigenvalue weighted by Crippen LogP contribution is 2.22. The van der Waals surface area contributed by atoms with E-state index in [1.807, 2.05) is 25.1 Å². The zero-order valence-electron chi connectivity index (χ0n) is 12.4. The van der Waals surface area contributed by atoms with Crippen LogP contribution >= 0.6 is 15.9 Å². The molecule has 0 saturated heterocycles. The molecule has 2 aromatic rings. The molecule has 0 radical (unpaired) electrons. The normalized spacial score (nSPS) is 10.3. The number of carbonyl (C=O) groups is 1. The molecule has 2 N–H and O–H groups in total. The summed E-state index contributed by atoms with van der Waals surface area (Å²) in [5.41, 5.74) is 2.28. The molecular formula is C15H17BrN4O2. The van der Waals surface area contributed by atoms with E-state index < -0.39 is 0 Å². The molecule has 0 aliphatic heterocycles. The number of aromatic nitrogens is 2. The molecule has 0 aliphatic rings. The summed E-state index contributed by atoms with van der Waals surface area (Å²) in [6.07, 6.45) is 1.55. The Bertz CT molecular complexity index is 664. The molecule has 1 heterocycles. The van der Waals surface area contributed by atoms with Crippen LogP contribution in [0.1, 0.15) is 16.1 Å². The van der Waals surface area contributed by atoms with Crippen LogP contribution in [0.25, 0.3) is 0 Å². The number of halogens is 1. The molecule has 0 unspecified atom stereocenters. The Morgan fingerprint density at radius 1 is 1.36 bits per heavy atom. The van der Waals surface area contributed by atoms with Crippen LogP contribution in [0.15, 0.2) is 34.9 Å². The molecule has 22 heavy (non-hydrogen) atoms. The maximum atomic E-state index is 11.9. The Balaban J connectivity index is 2.07. The van der Waals surface area contributed by atoms with Crippen molar-refractivity contribution >= 4 is 33.5 Å². The van der Waals surface area contributed by atoms with Gasteiger partial charge >= 0.3 is 0 Å². The maximum absolute atomic E-state index is 11.9. The van der Waals surface area contributed by atoms with Crippen LogP contribution in [0.5, 0.6) is 0 Å². The molecule has 0 atom stereocenters. The van der Waals surface area contributed by atoms with E-state index in [9.17, 15) is 4.79 Å². The fourth-order valence-corrected chi connectivity index (χ4v) is 2.08. The first kappa shape index (κ1) is 16.4. The first-order valence-electron chi connectivity index (χ1n) is 6.73. The van der Waals surface area contributed by atoms with Gasteiger partial charge in [0.2, 0.25) is 5.95 Å². The largest absolute Gasteiger partial charge is 0.383 e. The van der Waals surface area contributed by atoms with Gasteiger partial charge in [-0.05, 0) is 30.7 Å². The lowest BCUT2D eigenvalue weighted by Gasteiger charge is -2.08. The standard InChI is InChI=1S/C15H17BrN4O2/c1-10-3-4-11(9-12(10)16)19-15-18-6-5-13(20-15)14(21)17-7-8-22-2/h3-6,9H,7-8H2,1-2H3,(H,17,21)(H,18,19,20). The number of nitrogens with one attached hydrogen (secondary N) is 2. The van der Waals surface area contributed by atoms with Crippen LogP contribution in [0, 0.1) is 6.92 Å². The van der Waals surface area contributed by atoms with E-state index >= 15 is 0 Å². The maximum Gasteiger partial charge on any atom is 0.270 e. The molecular weight excluding hydrogens is 348 g/mol. The van der Waals surface area contributed by atoms with Gasteiger partial charge in [0.25, 0.3) is 5.91 Å². The van der Waals surface area contributed by atoms with Gasteiger partial charge in [-0.2, -0.15) is 0 Å². The fraction of sp³-hybridized carbons (Fsp3) is 0.267. The Labute approximate surface area is 137 Å². The Morgan fingerprint density at radius 3 is 2.91 bits per heavy atom. The van der Waals surface area contributed by atoms with E-state index in [1.165, 1.54) is 0 Å². The second-order valence-corrected chi connectivity index (χ2v) is 5.46. The number of anilines is 2. The van der Waals surface area contributed by atoms with Crippen molar-refractivity contribution in [3.8, 4) is 0 Å².